The van der Waals surface area contributed by atoms with Gasteiger partial charge >= 0.3 is 0 Å². The van der Waals surface area contributed by atoms with Crippen LogP contribution in [0.25, 0.3) is 123 Å². The standard InChI is InChI=1S/C33H21BrN4.C32H20BrN5/c34-25-15-18-27-28-12-7-19-35-33(28)38(31(27)20-25)26-16-13-24(14-17-26)32-36-29(22-8-3-1-4-9-22)21-30(37-32)23-10-5-2-6-11-23;33-24-15-18-26-27-12-7-19-34-32(27)38(28(26)20-24)25-16-13-23(14-17-25)31-36-29(21-8-3-1-4-9-21)35-30(37-31)22-10-5-2-6-11-22/h1-21H;1-20H. The number of benzene rings is 8. The summed E-state index contributed by atoms with van der Waals surface area (Å²) in [5.41, 5.74) is 13.8. The van der Waals surface area contributed by atoms with Crippen LogP contribution in [0.5, 0.6) is 0 Å². The smallest absolute Gasteiger partial charge is 0.164 e. The van der Waals surface area contributed by atoms with E-state index in [9.17, 15) is 0 Å². The summed E-state index contributed by atoms with van der Waals surface area (Å²) >= 11 is 7.27. The summed E-state index contributed by atoms with van der Waals surface area (Å²) < 4.78 is 6.45. The quantitative estimate of drug-likeness (QED) is 0.149. The van der Waals surface area contributed by atoms with Crippen LogP contribution in [0.1, 0.15) is 0 Å². The molecule has 0 aliphatic carbocycles. The molecule has 9 nitrogen and oxygen atoms in total. The molecule has 0 saturated carbocycles. The molecule has 0 aliphatic heterocycles. The summed E-state index contributed by atoms with van der Waals surface area (Å²) in [6.07, 6.45) is 3.68. The third-order valence-corrected chi connectivity index (χ3v) is 14.3. The largest absolute Gasteiger partial charge is 0.294 e. The normalized spacial score (nSPS) is 11.3. The number of nitrogens with zero attached hydrogens (tertiary/aromatic N) is 9. The van der Waals surface area contributed by atoms with Gasteiger partial charge in [0.1, 0.15) is 11.3 Å². The lowest BCUT2D eigenvalue weighted by atomic mass is 10.1. The molecule has 0 bridgehead atoms. The second kappa shape index (κ2) is 20.2. The van der Waals surface area contributed by atoms with Crippen molar-refractivity contribution in [3.8, 4) is 79.4 Å². The van der Waals surface area contributed by atoms with Crippen LogP contribution in [0, 0.1) is 0 Å². The summed E-state index contributed by atoms with van der Waals surface area (Å²) in [6.45, 7) is 0. The second-order valence-corrected chi connectivity index (χ2v) is 19.9. The molecule has 0 saturated heterocycles. The monoisotopic (exact) mass is 1110 g/mol. The molecule has 14 rings (SSSR count). The zero-order valence-corrected chi connectivity index (χ0v) is 43.6. The van der Waals surface area contributed by atoms with E-state index in [0.29, 0.717) is 23.3 Å². The van der Waals surface area contributed by atoms with E-state index in [1.807, 2.05) is 122 Å². The van der Waals surface area contributed by atoms with Crippen molar-refractivity contribution in [1.82, 2.24) is 44.0 Å². The lowest BCUT2D eigenvalue weighted by Crippen LogP contribution is -2.00. The second-order valence-electron chi connectivity index (χ2n) is 18.1. The van der Waals surface area contributed by atoms with Crippen molar-refractivity contribution < 1.29 is 0 Å². The minimum Gasteiger partial charge on any atom is -0.294 e. The molecule has 6 aromatic heterocycles. The molecule has 76 heavy (non-hydrogen) atoms. The first kappa shape index (κ1) is 46.5. The lowest BCUT2D eigenvalue weighted by molar-refractivity contribution is 1.07. The fourth-order valence-electron chi connectivity index (χ4n) is 9.70. The van der Waals surface area contributed by atoms with Crippen LogP contribution in [0.4, 0.5) is 0 Å². The predicted octanol–water partition coefficient (Wildman–Crippen LogP) is 16.9. The van der Waals surface area contributed by atoms with Crippen LogP contribution in [0.15, 0.2) is 258 Å². The number of pyridine rings is 2. The topological polar surface area (TPSA) is 100 Å². The van der Waals surface area contributed by atoms with Crippen LogP contribution in [-0.4, -0.2) is 44.0 Å². The highest BCUT2D eigenvalue weighted by Gasteiger charge is 2.18. The van der Waals surface area contributed by atoms with E-state index >= 15 is 0 Å². The maximum absolute atomic E-state index is 4.97. The van der Waals surface area contributed by atoms with Crippen molar-refractivity contribution in [1.29, 1.82) is 0 Å². The average molecular weight is 1110 g/mol. The molecule has 0 spiro atoms. The number of hydrogen-bond donors (Lipinski definition) is 0. The van der Waals surface area contributed by atoms with Gasteiger partial charge in [-0.25, -0.2) is 34.9 Å². The van der Waals surface area contributed by atoms with E-state index in [0.717, 1.165) is 104 Å². The molecule has 0 amide bonds. The average Bonchev–Trinajstić information content (AvgIpc) is 4.04. The van der Waals surface area contributed by atoms with Gasteiger partial charge in [-0.05, 0) is 103 Å². The summed E-state index contributed by atoms with van der Waals surface area (Å²) in [5.74, 6) is 2.62. The Labute approximate surface area is 454 Å². The minimum absolute atomic E-state index is 0.632. The minimum atomic E-state index is 0.632. The van der Waals surface area contributed by atoms with Crippen LogP contribution in [-0.2, 0) is 0 Å². The van der Waals surface area contributed by atoms with Gasteiger partial charge in [-0.2, -0.15) is 0 Å². The molecule has 0 aliphatic rings. The molecule has 0 N–H and O–H groups in total. The summed E-state index contributed by atoms with van der Waals surface area (Å²) in [5, 5.41) is 4.59. The molecule has 0 radical (unpaired) electrons. The Morgan fingerprint density at radius 3 is 1.00 bits per heavy atom. The zero-order chi connectivity index (χ0) is 51.0. The predicted molar refractivity (Wildman–Crippen MR) is 314 cm³/mol. The Balaban J connectivity index is 0.000000146. The lowest BCUT2D eigenvalue weighted by Gasteiger charge is -2.11. The van der Waals surface area contributed by atoms with E-state index < -0.39 is 0 Å². The Bertz CT molecular complexity index is 4000. The maximum atomic E-state index is 4.97. The molecule has 0 atom stereocenters. The van der Waals surface area contributed by atoms with Gasteiger partial charge in [0.2, 0.25) is 0 Å². The molecule has 0 fully saturated rings. The first-order valence-corrected chi connectivity index (χ1v) is 26.3. The van der Waals surface area contributed by atoms with Gasteiger partial charge in [0, 0.05) is 87.6 Å². The summed E-state index contributed by atoms with van der Waals surface area (Å²) in [7, 11) is 0. The van der Waals surface area contributed by atoms with E-state index in [1.165, 1.54) is 5.39 Å². The third-order valence-electron chi connectivity index (χ3n) is 13.3. The molecular weight excluding hydrogens is 1070 g/mol. The van der Waals surface area contributed by atoms with Crippen LogP contribution >= 0.6 is 31.9 Å². The van der Waals surface area contributed by atoms with Gasteiger partial charge in [0.25, 0.3) is 0 Å². The third kappa shape index (κ3) is 9.01. The van der Waals surface area contributed by atoms with Gasteiger partial charge in [-0.1, -0.05) is 165 Å². The first-order valence-electron chi connectivity index (χ1n) is 24.7. The van der Waals surface area contributed by atoms with Crippen molar-refractivity contribution in [3.05, 3.63) is 258 Å². The number of fused-ring (bicyclic) bond motifs is 6. The van der Waals surface area contributed by atoms with E-state index in [-0.39, 0.29) is 0 Å². The van der Waals surface area contributed by atoms with E-state index in [1.54, 1.807) is 0 Å². The van der Waals surface area contributed by atoms with Crippen LogP contribution in [0.2, 0.25) is 0 Å². The molecular formula is C65H41Br2N9. The van der Waals surface area contributed by atoms with Crippen molar-refractivity contribution in [3.63, 3.8) is 0 Å². The highest BCUT2D eigenvalue weighted by molar-refractivity contribution is 9.10. The fourth-order valence-corrected chi connectivity index (χ4v) is 10.4. The maximum Gasteiger partial charge on any atom is 0.164 e. The highest BCUT2D eigenvalue weighted by atomic mass is 79.9. The molecule has 11 heteroatoms. The number of rotatable bonds is 8. The SMILES string of the molecule is Brc1ccc2c3cccnc3n(-c3ccc(-c4nc(-c5ccccc5)cc(-c5ccccc5)n4)cc3)c2c1.Brc1ccc2c3cccnc3n(-c3ccc(-c4nc(-c5ccccc5)nc(-c5ccccc5)n4)cc3)c2c1. The molecule has 8 aromatic carbocycles. The van der Waals surface area contributed by atoms with Gasteiger partial charge in [-0.15, -0.1) is 0 Å². The molecule has 6 heterocycles. The van der Waals surface area contributed by atoms with Gasteiger partial charge in [0.15, 0.2) is 23.3 Å². The van der Waals surface area contributed by atoms with Crippen molar-refractivity contribution >= 4 is 75.7 Å². The molecule has 360 valence electrons. The number of aromatic nitrogens is 9. The number of hydrogen-bond acceptors (Lipinski definition) is 7. The van der Waals surface area contributed by atoms with E-state index in [4.69, 9.17) is 34.9 Å². The van der Waals surface area contributed by atoms with Gasteiger partial charge in [0.05, 0.1) is 22.4 Å². The Hall–Kier alpha value is -9.29. The van der Waals surface area contributed by atoms with Crippen molar-refractivity contribution in [2.45, 2.75) is 0 Å². The first-order chi connectivity index (χ1) is 37.5. The molecule has 14 aromatic rings. The Kier molecular flexibility index (Phi) is 12.4. The summed E-state index contributed by atoms with van der Waals surface area (Å²) in [4.78, 5) is 33.9. The van der Waals surface area contributed by atoms with Crippen LogP contribution < -0.4 is 0 Å². The van der Waals surface area contributed by atoms with Crippen molar-refractivity contribution in [2.75, 3.05) is 0 Å². The summed E-state index contributed by atoms with van der Waals surface area (Å²) in [6, 6.07) is 80.2. The highest BCUT2D eigenvalue weighted by Crippen LogP contribution is 2.36. The van der Waals surface area contributed by atoms with E-state index in [2.05, 4.69) is 168 Å². The fraction of sp³-hybridized carbons (Fsp3) is 0. The zero-order valence-electron chi connectivity index (χ0n) is 40.5. The van der Waals surface area contributed by atoms with Gasteiger partial charge in [-0.3, -0.25) is 9.13 Å². The van der Waals surface area contributed by atoms with Crippen molar-refractivity contribution in [2.24, 2.45) is 0 Å². The Morgan fingerprint density at radius 1 is 0.276 bits per heavy atom. The van der Waals surface area contributed by atoms with Gasteiger partial charge < -0.3 is 0 Å². The number of halogens is 2. The van der Waals surface area contributed by atoms with Crippen LogP contribution in [0.3, 0.4) is 0 Å². The molecule has 0 unspecified atom stereocenters. The Morgan fingerprint density at radius 2 is 0.618 bits per heavy atom.